The number of benzene rings is 2. The maximum absolute atomic E-state index is 13.3. The van der Waals surface area contributed by atoms with E-state index in [1.54, 1.807) is 6.07 Å². The molecule has 1 N–H and O–H groups in total. The number of aliphatic hydroxyl groups is 1. The third kappa shape index (κ3) is 3.38. The van der Waals surface area contributed by atoms with Crippen LogP contribution >= 0.6 is 11.6 Å². The van der Waals surface area contributed by atoms with Crippen LogP contribution in [0.25, 0.3) is 0 Å². The molecule has 0 aliphatic carbocycles. The van der Waals surface area contributed by atoms with Gasteiger partial charge in [-0.05, 0) is 61.2 Å². The summed E-state index contributed by atoms with van der Waals surface area (Å²) in [6.45, 7) is 6.10. The van der Waals surface area contributed by atoms with Gasteiger partial charge in [0.1, 0.15) is 5.82 Å². The Balaban J connectivity index is 2.30. The zero-order valence-electron chi connectivity index (χ0n) is 11.9. The van der Waals surface area contributed by atoms with Gasteiger partial charge in [0, 0.05) is 11.4 Å². The first-order valence-corrected chi connectivity index (χ1v) is 6.95. The summed E-state index contributed by atoms with van der Waals surface area (Å²) in [6, 6.07) is 8.35. The number of halogens is 2. The summed E-state index contributed by atoms with van der Waals surface area (Å²) in [5, 5.41) is 10.6. The molecule has 0 aliphatic heterocycles. The molecule has 1 nitrogen and oxygen atoms in total. The monoisotopic (exact) mass is 292 g/mol. The maximum atomic E-state index is 13.3. The smallest absolute Gasteiger partial charge is 0.125 e. The largest absolute Gasteiger partial charge is 0.388 e. The molecule has 2 rings (SSSR count). The molecule has 0 aliphatic rings. The molecule has 0 radical (unpaired) electrons. The SMILES string of the molecule is Cc1cc(C)c(CC(O)c2cc(F)cc(Cl)c2)c(C)c1. The Morgan fingerprint density at radius 3 is 2.20 bits per heavy atom. The molecule has 3 heteroatoms. The lowest BCUT2D eigenvalue weighted by Gasteiger charge is -2.16. The number of aliphatic hydroxyl groups excluding tert-OH is 1. The molecular weight excluding hydrogens is 275 g/mol. The van der Waals surface area contributed by atoms with E-state index in [1.165, 1.54) is 17.7 Å². The Kier molecular flexibility index (Phi) is 4.46. The quantitative estimate of drug-likeness (QED) is 0.871. The highest BCUT2D eigenvalue weighted by Crippen LogP contribution is 2.26. The van der Waals surface area contributed by atoms with Crippen LogP contribution in [0.15, 0.2) is 30.3 Å². The third-order valence-electron chi connectivity index (χ3n) is 3.51. The van der Waals surface area contributed by atoms with E-state index in [0.717, 1.165) is 16.7 Å². The molecule has 0 saturated heterocycles. The number of hydrogen-bond acceptors (Lipinski definition) is 1. The van der Waals surface area contributed by atoms with E-state index in [-0.39, 0.29) is 0 Å². The Labute approximate surface area is 124 Å². The minimum Gasteiger partial charge on any atom is -0.388 e. The van der Waals surface area contributed by atoms with Gasteiger partial charge in [-0.2, -0.15) is 0 Å². The zero-order chi connectivity index (χ0) is 14.9. The molecule has 0 spiro atoms. The van der Waals surface area contributed by atoms with Crippen molar-refractivity contribution in [2.24, 2.45) is 0 Å². The molecule has 0 saturated carbocycles. The summed E-state index contributed by atoms with van der Waals surface area (Å²) in [4.78, 5) is 0. The summed E-state index contributed by atoms with van der Waals surface area (Å²) in [5.41, 5.74) is 5.10. The Morgan fingerprint density at radius 2 is 1.65 bits per heavy atom. The molecule has 0 heterocycles. The van der Waals surface area contributed by atoms with Crippen LogP contribution in [0.5, 0.6) is 0 Å². The summed E-state index contributed by atoms with van der Waals surface area (Å²) in [7, 11) is 0. The van der Waals surface area contributed by atoms with Gasteiger partial charge in [-0.1, -0.05) is 29.3 Å². The normalized spacial score (nSPS) is 12.5. The number of rotatable bonds is 3. The fourth-order valence-corrected chi connectivity index (χ4v) is 2.84. The zero-order valence-corrected chi connectivity index (χ0v) is 12.6. The summed E-state index contributed by atoms with van der Waals surface area (Å²) >= 11 is 5.83. The minimum atomic E-state index is -0.761. The minimum absolute atomic E-state index is 0.302. The van der Waals surface area contributed by atoms with Crippen LogP contribution in [0, 0.1) is 26.6 Å². The predicted molar refractivity (Wildman–Crippen MR) is 80.7 cm³/mol. The fraction of sp³-hybridized carbons (Fsp3) is 0.294. The summed E-state index contributed by atoms with van der Waals surface area (Å²) < 4.78 is 13.3. The van der Waals surface area contributed by atoms with Gasteiger partial charge in [-0.25, -0.2) is 4.39 Å². The van der Waals surface area contributed by atoms with Crippen LogP contribution in [0.3, 0.4) is 0 Å². The van der Waals surface area contributed by atoms with Crippen LogP contribution in [0.2, 0.25) is 5.02 Å². The molecule has 1 unspecified atom stereocenters. The second kappa shape index (κ2) is 5.94. The molecule has 106 valence electrons. The molecule has 1 atom stereocenters. The topological polar surface area (TPSA) is 20.2 Å². The van der Waals surface area contributed by atoms with Crippen molar-refractivity contribution in [3.63, 3.8) is 0 Å². The molecular formula is C17H18ClFO. The van der Waals surface area contributed by atoms with E-state index < -0.39 is 11.9 Å². The highest BCUT2D eigenvalue weighted by atomic mass is 35.5. The van der Waals surface area contributed by atoms with Crippen molar-refractivity contribution in [1.82, 2.24) is 0 Å². The van der Waals surface area contributed by atoms with Crippen LogP contribution in [-0.4, -0.2) is 5.11 Å². The first-order valence-electron chi connectivity index (χ1n) is 6.57. The highest BCUT2D eigenvalue weighted by molar-refractivity contribution is 6.30. The lowest BCUT2D eigenvalue weighted by molar-refractivity contribution is 0.177. The van der Waals surface area contributed by atoms with Crippen molar-refractivity contribution in [3.05, 3.63) is 69.0 Å². The molecule has 0 aromatic heterocycles. The van der Waals surface area contributed by atoms with E-state index in [9.17, 15) is 9.50 Å². The first-order chi connectivity index (χ1) is 9.36. The van der Waals surface area contributed by atoms with Gasteiger partial charge in [0.2, 0.25) is 0 Å². The van der Waals surface area contributed by atoms with E-state index in [2.05, 4.69) is 12.1 Å². The van der Waals surface area contributed by atoms with Gasteiger partial charge in [0.25, 0.3) is 0 Å². The van der Waals surface area contributed by atoms with E-state index in [4.69, 9.17) is 11.6 Å². The lowest BCUT2D eigenvalue weighted by Crippen LogP contribution is -2.06. The van der Waals surface area contributed by atoms with E-state index in [0.29, 0.717) is 17.0 Å². The number of hydrogen-bond donors (Lipinski definition) is 1. The molecule has 20 heavy (non-hydrogen) atoms. The Hall–Kier alpha value is -1.38. The van der Waals surface area contributed by atoms with Gasteiger partial charge in [-0.3, -0.25) is 0 Å². The van der Waals surface area contributed by atoms with Crippen molar-refractivity contribution >= 4 is 11.6 Å². The van der Waals surface area contributed by atoms with Crippen molar-refractivity contribution < 1.29 is 9.50 Å². The third-order valence-corrected chi connectivity index (χ3v) is 3.73. The van der Waals surface area contributed by atoms with Crippen LogP contribution in [0.1, 0.15) is 33.9 Å². The second-order valence-corrected chi connectivity index (χ2v) is 5.74. The van der Waals surface area contributed by atoms with Gasteiger partial charge in [-0.15, -0.1) is 0 Å². The Bertz CT molecular complexity index is 594. The molecule has 0 fully saturated rings. The number of aryl methyl sites for hydroxylation is 3. The lowest BCUT2D eigenvalue weighted by atomic mass is 9.93. The highest BCUT2D eigenvalue weighted by Gasteiger charge is 2.14. The van der Waals surface area contributed by atoms with Gasteiger partial charge in [0.15, 0.2) is 0 Å². The van der Waals surface area contributed by atoms with Crippen molar-refractivity contribution in [2.75, 3.05) is 0 Å². The van der Waals surface area contributed by atoms with Crippen molar-refractivity contribution in [3.8, 4) is 0 Å². The van der Waals surface area contributed by atoms with Crippen molar-refractivity contribution in [2.45, 2.75) is 33.3 Å². The second-order valence-electron chi connectivity index (χ2n) is 5.30. The van der Waals surface area contributed by atoms with E-state index >= 15 is 0 Å². The predicted octanol–water partition coefficient (Wildman–Crippen LogP) is 4.68. The van der Waals surface area contributed by atoms with Crippen molar-refractivity contribution in [1.29, 1.82) is 0 Å². The summed E-state index contributed by atoms with van der Waals surface area (Å²) in [5.74, 6) is -0.427. The average molecular weight is 293 g/mol. The van der Waals surface area contributed by atoms with Crippen LogP contribution in [0.4, 0.5) is 4.39 Å². The maximum Gasteiger partial charge on any atom is 0.125 e. The standard InChI is InChI=1S/C17H18ClFO/c1-10-4-11(2)16(12(3)5-10)9-17(20)13-6-14(18)8-15(19)7-13/h4-8,17,20H,9H2,1-3H3. The molecule has 2 aromatic carbocycles. The van der Waals surface area contributed by atoms with Gasteiger partial charge in [0.05, 0.1) is 6.10 Å². The molecule has 0 amide bonds. The van der Waals surface area contributed by atoms with Crippen LogP contribution in [-0.2, 0) is 6.42 Å². The van der Waals surface area contributed by atoms with E-state index in [1.807, 2.05) is 20.8 Å². The first kappa shape index (κ1) is 15.0. The van der Waals surface area contributed by atoms with Gasteiger partial charge >= 0.3 is 0 Å². The van der Waals surface area contributed by atoms with Crippen LogP contribution < -0.4 is 0 Å². The average Bonchev–Trinajstić information content (AvgIpc) is 2.32. The van der Waals surface area contributed by atoms with Gasteiger partial charge < -0.3 is 5.11 Å². The fourth-order valence-electron chi connectivity index (χ4n) is 2.61. The molecule has 0 bridgehead atoms. The summed E-state index contributed by atoms with van der Waals surface area (Å²) in [6.07, 6.45) is -0.305. The Morgan fingerprint density at radius 1 is 1.05 bits per heavy atom. The molecule has 2 aromatic rings.